The number of carbonyl (C=O) groups is 1. The number of carboxylic acid groups (broad SMARTS) is 1. The van der Waals surface area contributed by atoms with Crippen molar-refractivity contribution in [3.05, 3.63) is 90.5 Å². The van der Waals surface area contributed by atoms with E-state index < -0.39 is 22.0 Å². The van der Waals surface area contributed by atoms with Gasteiger partial charge in [-0.2, -0.15) is 0 Å². The molecule has 29 heavy (non-hydrogen) atoms. The molecule has 4 rings (SSSR count). The summed E-state index contributed by atoms with van der Waals surface area (Å²) in [5.41, 5.74) is 0.708. The van der Waals surface area contributed by atoms with E-state index in [1.165, 1.54) is 12.1 Å². The van der Waals surface area contributed by atoms with E-state index in [-0.39, 0.29) is 11.3 Å². The van der Waals surface area contributed by atoms with Crippen molar-refractivity contribution in [2.24, 2.45) is 0 Å². The molecule has 0 aliphatic rings. The molecule has 5 nitrogen and oxygen atoms in total. The van der Waals surface area contributed by atoms with Gasteiger partial charge in [-0.3, -0.25) is 0 Å². The van der Waals surface area contributed by atoms with E-state index in [1.54, 1.807) is 18.2 Å². The monoisotopic (exact) mass is 404 g/mol. The number of fused-ring (bicyclic) bond motifs is 2. The summed E-state index contributed by atoms with van der Waals surface area (Å²) in [5.74, 6) is -1.47. The van der Waals surface area contributed by atoms with Crippen molar-refractivity contribution in [2.75, 3.05) is 0 Å². The Morgan fingerprint density at radius 1 is 0.793 bits per heavy atom. The second-order valence-corrected chi connectivity index (χ2v) is 8.60. The van der Waals surface area contributed by atoms with Gasteiger partial charge in [-0.15, -0.1) is 0 Å². The van der Waals surface area contributed by atoms with Crippen LogP contribution in [0.25, 0.3) is 21.5 Å². The van der Waals surface area contributed by atoms with Gasteiger partial charge < -0.3 is 9.90 Å². The van der Waals surface area contributed by atoms with Crippen molar-refractivity contribution >= 4 is 37.5 Å². The summed E-state index contributed by atoms with van der Waals surface area (Å²) in [6, 6.07) is 23.9. The molecule has 0 radical (unpaired) electrons. The zero-order chi connectivity index (χ0) is 20.4. The summed E-state index contributed by atoms with van der Waals surface area (Å²) in [4.78, 5) is 11.7. The second-order valence-electron chi connectivity index (χ2n) is 6.89. The van der Waals surface area contributed by atoms with Crippen LogP contribution in [0.1, 0.15) is 5.56 Å². The molecule has 0 heterocycles. The molecule has 1 atom stereocenters. The molecule has 0 aliphatic carbocycles. The van der Waals surface area contributed by atoms with Gasteiger partial charge in [0, 0.05) is 0 Å². The zero-order valence-electron chi connectivity index (χ0n) is 15.4. The van der Waals surface area contributed by atoms with Crippen LogP contribution in [-0.4, -0.2) is 20.4 Å². The maximum Gasteiger partial charge on any atom is 0.241 e. The Labute approximate surface area is 168 Å². The number of sulfonamides is 1. The summed E-state index contributed by atoms with van der Waals surface area (Å²) >= 11 is 0. The fourth-order valence-electron chi connectivity index (χ4n) is 3.36. The van der Waals surface area contributed by atoms with Gasteiger partial charge in [0.05, 0.1) is 16.9 Å². The van der Waals surface area contributed by atoms with E-state index in [2.05, 4.69) is 4.72 Å². The van der Waals surface area contributed by atoms with Crippen molar-refractivity contribution < 1.29 is 18.3 Å². The lowest BCUT2D eigenvalue weighted by atomic mass is 10.0. The lowest BCUT2D eigenvalue weighted by molar-refractivity contribution is -0.307. The average molecular weight is 404 g/mol. The van der Waals surface area contributed by atoms with E-state index in [9.17, 15) is 18.3 Å². The van der Waals surface area contributed by atoms with Gasteiger partial charge >= 0.3 is 0 Å². The first-order chi connectivity index (χ1) is 13.9. The number of rotatable bonds is 6. The van der Waals surface area contributed by atoms with E-state index in [4.69, 9.17) is 0 Å². The van der Waals surface area contributed by atoms with Gasteiger partial charge in [-0.1, -0.05) is 72.8 Å². The topological polar surface area (TPSA) is 86.3 Å². The van der Waals surface area contributed by atoms with Crippen molar-refractivity contribution in [1.82, 2.24) is 4.72 Å². The second kappa shape index (κ2) is 7.66. The maximum atomic E-state index is 12.8. The van der Waals surface area contributed by atoms with Gasteiger partial charge in [0.1, 0.15) is 0 Å². The lowest BCUT2D eigenvalue weighted by Crippen LogP contribution is -2.49. The van der Waals surface area contributed by atoms with E-state index in [0.29, 0.717) is 5.56 Å². The highest BCUT2D eigenvalue weighted by molar-refractivity contribution is 7.89. The van der Waals surface area contributed by atoms with Gasteiger partial charge in [0.25, 0.3) is 0 Å². The van der Waals surface area contributed by atoms with Crippen LogP contribution < -0.4 is 9.83 Å². The summed E-state index contributed by atoms with van der Waals surface area (Å²) in [6.07, 6.45) is -0.0139. The molecule has 146 valence electrons. The van der Waals surface area contributed by atoms with Gasteiger partial charge in [0.2, 0.25) is 10.0 Å². The molecule has 0 saturated carbocycles. The Morgan fingerprint density at radius 2 is 1.34 bits per heavy atom. The number of carbonyl (C=O) groups excluding carboxylic acids is 1. The first-order valence-electron chi connectivity index (χ1n) is 9.12. The molecule has 0 saturated heterocycles. The highest BCUT2D eigenvalue weighted by Gasteiger charge is 2.22. The third-order valence-corrected chi connectivity index (χ3v) is 6.34. The van der Waals surface area contributed by atoms with Crippen LogP contribution >= 0.6 is 0 Å². The van der Waals surface area contributed by atoms with Crippen LogP contribution in [0.5, 0.6) is 0 Å². The van der Waals surface area contributed by atoms with Crippen molar-refractivity contribution in [1.29, 1.82) is 0 Å². The molecule has 4 aromatic carbocycles. The van der Waals surface area contributed by atoms with E-state index >= 15 is 0 Å². The van der Waals surface area contributed by atoms with Crippen LogP contribution in [0, 0.1) is 0 Å². The molecule has 6 heteroatoms. The smallest absolute Gasteiger partial charge is 0.241 e. The van der Waals surface area contributed by atoms with Crippen LogP contribution in [0.15, 0.2) is 89.8 Å². The molecule has 0 fully saturated rings. The predicted octanol–water partition coefficient (Wildman–Crippen LogP) is 2.63. The van der Waals surface area contributed by atoms with Gasteiger partial charge in [-0.25, -0.2) is 13.1 Å². The molecule has 0 aromatic heterocycles. The molecular weight excluding hydrogens is 386 g/mol. The molecule has 0 spiro atoms. The van der Waals surface area contributed by atoms with Gasteiger partial charge in [0.15, 0.2) is 0 Å². The minimum absolute atomic E-state index is 0.0139. The molecule has 4 aromatic rings. The van der Waals surface area contributed by atoms with E-state index in [0.717, 1.165) is 21.5 Å². The quantitative estimate of drug-likeness (QED) is 0.535. The van der Waals surface area contributed by atoms with Gasteiger partial charge in [-0.05, 0) is 45.7 Å². The first-order valence-corrected chi connectivity index (χ1v) is 10.6. The minimum atomic E-state index is -4.03. The third kappa shape index (κ3) is 4.13. The van der Waals surface area contributed by atoms with Crippen LogP contribution in [-0.2, 0) is 21.2 Å². The maximum absolute atomic E-state index is 12.8. The number of nitrogens with one attached hydrogen (secondary N) is 1. The highest BCUT2D eigenvalue weighted by atomic mass is 32.2. The Hall–Kier alpha value is -3.22. The number of hydrogen-bond donors (Lipinski definition) is 1. The Morgan fingerprint density at radius 3 is 1.97 bits per heavy atom. The average Bonchev–Trinajstić information content (AvgIpc) is 2.72. The zero-order valence-corrected chi connectivity index (χ0v) is 16.2. The summed E-state index contributed by atoms with van der Waals surface area (Å²) < 4.78 is 27.9. The molecule has 0 aliphatic heterocycles. The largest absolute Gasteiger partial charge is 0.548 e. The minimum Gasteiger partial charge on any atom is -0.548 e. The molecule has 1 N–H and O–H groups in total. The SMILES string of the molecule is O=C([O-])[C@H](Cc1ccc2ccccc2c1)NS(=O)(=O)c1ccc2ccccc2c1. The lowest BCUT2D eigenvalue weighted by Gasteiger charge is -2.20. The number of hydrogen-bond acceptors (Lipinski definition) is 4. The van der Waals surface area contributed by atoms with Crippen LogP contribution in [0.4, 0.5) is 0 Å². The number of carboxylic acids is 1. The van der Waals surface area contributed by atoms with Crippen LogP contribution in [0.2, 0.25) is 0 Å². The normalized spacial score (nSPS) is 12.8. The predicted molar refractivity (Wildman–Crippen MR) is 111 cm³/mol. The fraction of sp³-hybridized carbons (Fsp3) is 0.0870. The van der Waals surface area contributed by atoms with E-state index in [1.807, 2.05) is 54.6 Å². The number of benzene rings is 4. The molecular formula is C23H18NO4S-. The van der Waals surface area contributed by atoms with Crippen molar-refractivity contribution in [3.63, 3.8) is 0 Å². The van der Waals surface area contributed by atoms with Crippen LogP contribution in [0.3, 0.4) is 0 Å². The fourth-order valence-corrected chi connectivity index (χ4v) is 4.58. The summed E-state index contributed by atoms with van der Waals surface area (Å²) in [5, 5.41) is 15.3. The first kappa shape index (κ1) is 19.1. The highest BCUT2D eigenvalue weighted by Crippen LogP contribution is 2.20. The Kier molecular flexibility index (Phi) is 5.05. The van der Waals surface area contributed by atoms with Crippen molar-refractivity contribution in [2.45, 2.75) is 17.4 Å². The summed E-state index contributed by atoms with van der Waals surface area (Å²) in [6.45, 7) is 0. The molecule has 0 unspecified atom stereocenters. The number of aliphatic carboxylic acids is 1. The Bertz CT molecular complexity index is 1310. The molecule has 0 bridgehead atoms. The van der Waals surface area contributed by atoms with Crippen molar-refractivity contribution in [3.8, 4) is 0 Å². The third-order valence-electron chi connectivity index (χ3n) is 4.87. The Balaban J connectivity index is 1.61. The molecule has 0 amide bonds. The standard InChI is InChI=1S/C23H19NO4S/c25-23(26)22(14-16-9-10-17-5-1-3-7-19(17)13-16)24-29(27,28)21-12-11-18-6-2-4-8-20(18)15-21/h1-13,15,22,24H,14H2,(H,25,26)/p-1/t22-/m0/s1. The summed E-state index contributed by atoms with van der Waals surface area (Å²) in [7, 11) is -4.03.